The number of halogens is 1. The number of aliphatic carboxylic acids is 1. The molecule has 0 aliphatic rings. The lowest BCUT2D eigenvalue weighted by Gasteiger charge is -2.18. The summed E-state index contributed by atoms with van der Waals surface area (Å²) in [6.45, 7) is 3.78. The highest BCUT2D eigenvalue weighted by Gasteiger charge is 2.20. The van der Waals surface area contributed by atoms with Gasteiger partial charge in [0.2, 0.25) is 0 Å². The second-order valence-corrected chi connectivity index (χ2v) is 5.36. The minimum atomic E-state index is -1.02. The molecule has 21 heavy (non-hydrogen) atoms. The number of nitrogens with one attached hydrogen (secondary N) is 2. The van der Waals surface area contributed by atoms with Gasteiger partial charge in [0.25, 0.3) is 0 Å². The van der Waals surface area contributed by atoms with Gasteiger partial charge in [0.05, 0.1) is 6.04 Å². The lowest BCUT2D eigenvalue weighted by atomic mass is 10.1. The molecule has 0 bridgehead atoms. The van der Waals surface area contributed by atoms with Gasteiger partial charge in [-0.25, -0.2) is 9.59 Å². The van der Waals surface area contributed by atoms with Crippen LogP contribution in [0.1, 0.15) is 44.7 Å². The van der Waals surface area contributed by atoms with Gasteiger partial charge < -0.3 is 15.7 Å². The van der Waals surface area contributed by atoms with Crippen LogP contribution >= 0.6 is 11.6 Å². The van der Waals surface area contributed by atoms with E-state index in [4.69, 9.17) is 16.7 Å². The van der Waals surface area contributed by atoms with Crippen molar-refractivity contribution in [3.05, 3.63) is 34.9 Å². The Hall–Kier alpha value is -1.75. The Morgan fingerprint density at radius 3 is 2.62 bits per heavy atom. The molecule has 5 nitrogen and oxygen atoms in total. The average Bonchev–Trinajstić information content (AvgIpc) is 2.43. The number of rotatable bonds is 7. The number of hydrogen-bond donors (Lipinski definition) is 3. The quantitative estimate of drug-likeness (QED) is 0.722. The largest absolute Gasteiger partial charge is 0.480 e. The monoisotopic (exact) mass is 312 g/mol. The molecule has 1 unspecified atom stereocenters. The number of carbonyl (C=O) groups is 2. The van der Waals surface area contributed by atoms with E-state index in [2.05, 4.69) is 10.6 Å². The first-order valence-electron chi connectivity index (χ1n) is 6.99. The molecule has 1 aromatic rings. The third-order valence-electron chi connectivity index (χ3n) is 3.15. The topological polar surface area (TPSA) is 78.4 Å². The zero-order valence-electron chi connectivity index (χ0n) is 12.2. The van der Waals surface area contributed by atoms with E-state index in [1.807, 2.05) is 19.9 Å². The molecule has 0 aliphatic carbocycles. The fourth-order valence-corrected chi connectivity index (χ4v) is 2.12. The molecule has 0 heterocycles. The van der Waals surface area contributed by atoms with E-state index in [0.717, 1.165) is 18.4 Å². The molecule has 116 valence electrons. The summed E-state index contributed by atoms with van der Waals surface area (Å²) in [6.07, 6.45) is 2.05. The molecule has 2 atom stereocenters. The Bertz CT molecular complexity index is 494. The number of carboxylic acids is 1. The van der Waals surface area contributed by atoms with E-state index in [1.54, 1.807) is 18.2 Å². The lowest BCUT2D eigenvalue weighted by molar-refractivity contribution is -0.139. The average molecular weight is 313 g/mol. The Morgan fingerprint density at radius 1 is 1.33 bits per heavy atom. The third kappa shape index (κ3) is 6.04. The second kappa shape index (κ2) is 8.52. The molecule has 2 amide bonds. The van der Waals surface area contributed by atoms with Crippen LogP contribution in [0.4, 0.5) is 4.79 Å². The Kier molecular flexibility index (Phi) is 7.02. The molecule has 0 saturated carbocycles. The minimum Gasteiger partial charge on any atom is -0.480 e. The fraction of sp³-hybridized carbons (Fsp3) is 0.467. The minimum absolute atomic E-state index is 0.260. The van der Waals surface area contributed by atoms with Gasteiger partial charge in [0, 0.05) is 5.02 Å². The number of carbonyl (C=O) groups excluding carboxylic acids is 1. The van der Waals surface area contributed by atoms with Crippen LogP contribution in [0.15, 0.2) is 24.3 Å². The Morgan fingerprint density at radius 2 is 2.05 bits per heavy atom. The zero-order chi connectivity index (χ0) is 15.8. The van der Waals surface area contributed by atoms with Crippen LogP contribution in [0.3, 0.4) is 0 Å². The molecule has 6 heteroatoms. The van der Waals surface area contributed by atoms with Gasteiger partial charge in [0.15, 0.2) is 0 Å². The highest BCUT2D eigenvalue weighted by Crippen LogP contribution is 2.17. The summed E-state index contributed by atoms with van der Waals surface area (Å²) >= 11 is 5.90. The van der Waals surface area contributed by atoms with E-state index in [1.165, 1.54) is 0 Å². The van der Waals surface area contributed by atoms with Gasteiger partial charge in [-0.2, -0.15) is 0 Å². The maximum absolute atomic E-state index is 11.9. The van der Waals surface area contributed by atoms with Crippen molar-refractivity contribution in [2.24, 2.45) is 0 Å². The van der Waals surface area contributed by atoms with Gasteiger partial charge in [-0.1, -0.05) is 43.5 Å². The molecular formula is C15H21ClN2O3. The number of hydrogen-bond acceptors (Lipinski definition) is 2. The smallest absolute Gasteiger partial charge is 0.326 e. The van der Waals surface area contributed by atoms with Crippen molar-refractivity contribution in [2.75, 3.05) is 0 Å². The van der Waals surface area contributed by atoms with Gasteiger partial charge in [-0.05, 0) is 31.0 Å². The predicted octanol–water partition coefficient (Wildman–Crippen LogP) is 3.34. The van der Waals surface area contributed by atoms with E-state index < -0.39 is 18.0 Å². The zero-order valence-corrected chi connectivity index (χ0v) is 13.0. The van der Waals surface area contributed by atoms with E-state index >= 15 is 0 Å². The van der Waals surface area contributed by atoms with Crippen molar-refractivity contribution < 1.29 is 14.7 Å². The van der Waals surface area contributed by atoms with Crippen LogP contribution in [0.2, 0.25) is 5.02 Å². The number of amides is 2. The highest BCUT2D eigenvalue weighted by molar-refractivity contribution is 6.30. The number of unbranched alkanes of at least 4 members (excludes halogenated alkanes) is 1. The standard InChI is InChI=1S/C15H21ClN2O3/c1-3-4-8-13(14(19)20)18-15(21)17-10(2)11-6-5-7-12(16)9-11/h5-7,9-10,13H,3-4,8H2,1-2H3,(H,19,20)(H2,17,18,21)/t10?,13-/m0/s1. The Balaban J connectivity index is 2.57. The molecule has 0 fully saturated rings. The van der Waals surface area contributed by atoms with Crippen molar-refractivity contribution in [3.8, 4) is 0 Å². The van der Waals surface area contributed by atoms with E-state index in [-0.39, 0.29) is 6.04 Å². The normalized spacial score (nSPS) is 13.3. The summed E-state index contributed by atoms with van der Waals surface area (Å²) in [5, 5.41) is 14.9. The van der Waals surface area contributed by atoms with Gasteiger partial charge in [-0.15, -0.1) is 0 Å². The molecule has 0 radical (unpaired) electrons. The summed E-state index contributed by atoms with van der Waals surface area (Å²) in [7, 11) is 0. The molecule has 3 N–H and O–H groups in total. The highest BCUT2D eigenvalue weighted by atomic mass is 35.5. The second-order valence-electron chi connectivity index (χ2n) is 4.93. The van der Waals surface area contributed by atoms with Gasteiger partial charge in [-0.3, -0.25) is 0 Å². The first-order valence-corrected chi connectivity index (χ1v) is 7.37. The van der Waals surface area contributed by atoms with Crippen molar-refractivity contribution in [2.45, 2.75) is 45.2 Å². The molecule has 0 aliphatic heterocycles. The number of benzene rings is 1. The molecule has 1 rings (SSSR count). The van der Waals surface area contributed by atoms with Crippen LogP contribution in [-0.2, 0) is 4.79 Å². The van der Waals surface area contributed by atoms with Crippen LogP contribution in [-0.4, -0.2) is 23.1 Å². The summed E-state index contributed by atoms with van der Waals surface area (Å²) in [5.41, 5.74) is 0.859. The number of carboxylic acid groups (broad SMARTS) is 1. The summed E-state index contributed by atoms with van der Waals surface area (Å²) in [6, 6.07) is 5.55. The van der Waals surface area contributed by atoms with Crippen LogP contribution in [0, 0.1) is 0 Å². The van der Waals surface area contributed by atoms with Crippen LogP contribution < -0.4 is 10.6 Å². The van der Waals surface area contributed by atoms with E-state index in [9.17, 15) is 9.59 Å². The van der Waals surface area contributed by atoms with Crippen molar-refractivity contribution in [1.29, 1.82) is 0 Å². The molecule has 0 aromatic heterocycles. The van der Waals surface area contributed by atoms with Crippen molar-refractivity contribution in [3.63, 3.8) is 0 Å². The molecule has 1 aromatic carbocycles. The summed E-state index contributed by atoms with van der Waals surface area (Å²) in [4.78, 5) is 23.0. The first kappa shape index (κ1) is 17.3. The molecule has 0 spiro atoms. The van der Waals surface area contributed by atoms with Gasteiger partial charge in [0.1, 0.15) is 6.04 Å². The number of urea groups is 1. The van der Waals surface area contributed by atoms with Gasteiger partial charge >= 0.3 is 12.0 Å². The SMILES string of the molecule is CCCC[C@H](NC(=O)NC(C)c1cccc(Cl)c1)C(=O)O. The van der Waals surface area contributed by atoms with Crippen molar-refractivity contribution in [1.82, 2.24) is 10.6 Å². The van der Waals surface area contributed by atoms with E-state index in [0.29, 0.717) is 11.4 Å². The maximum Gasteiger partial charge on any atom is 0.326 e. The predicted molar refractivity (Wildman–Crippen MR) is 82.5 cm³/mol. The fourth-order valence-electron chi connectivity index (χ4n) is 1.92. The molecular weight excluding hydrogens is 292 g/mol. The summed E-state index contributed by atoms with van der Waals surface area (Å²) < 4.78 is 0. The Labute approximate surface area is 129 Å². The van der Waals surface area contributed by atoms with Crippen molar-refractivity contribution >= 4 is 23.6 Å². The molecule has 0 saturated heterocycles. The third-order valence-corrected chi connectivity index (χ3v) is 3.38. The van der Waals surface area contributed by atoms with Crippen LogP contribution in [0.25, 0.3) is 0 Å². The summed E-state index contributed by atoms with van der Waals surface area (Å²) in [5.74, 6) is -1.02. The first-order chi connectivity index (χ1) is 9.93. The lowest BCUT2D eigenvalue weighted by Crippen LogP contribution is -2.46. The van der Waals surface area contributed by atoms with Crippen LogP contribution in [0.5, 0.6) is 0 Å². The maximum atomic E-state index is 11.9.